The van der Waals surface area contributed by atoms with Crippen molar-refractivity contribution in [2.75, 3.05) is 20.1 Å². The lowest BCUT2D eigenvalue weighted by molar-refractivity contribution is 0.0953. The minimum absolute atomic E-state index is 0.0724. The first-order valence-corrected chi connectivity index (χ1v) is 10.0. The molecule has 0 saturated carbocycles. The Balaban J connectivity index is 2.08. The monoisotopic (exact) mass is 375 g/mol. The molecule has 2 rings (SSSR count). The Morgan fingerprint density at radius 2 is 1.77 bits per heavy atom. The summed E-state index contributed by atoms with van der Waals surface area (Å²) in [6, 6.07) is 15.0. The maximum absolute atomic E-state index is 12.6. The lowest BCUT2D eigenvalue weighted by Crippen LogP contribution is -2.28. The average molecular weight is 375 g/mol. The highest BCUT2D eigenvalue weighted by Gasteiger charge is 2.19. The second kappa shape index (κ2) is 9.47. The van der Waals surface area contributed by atoms with Crippen LogP contribution in [0.4, 0.5) is 0 Å². The van der Waals surface area contributed by atoms with E-state index in [4.69, 9.17) is 0 Å². The van der Waals surface area contributed by atoms with Gasteiger partial charge in [-0.3, -0.25) is 4.79 Å². The van der Waals surface area contributed by atoms with Crippen LogP contribution >= 0.6 is 0 Å². The van der Waals surface area contributed by atoms with Gasteiger partial charge < -0.3 is 10.6 Å². The average Bonchev–Trinajstić information content (AvgIpc) is 2.65. The van der Waals surface area contributed by atoms with E-state index in [1.165, 1.54) is 12.1 Å². The molecule has 0 aliphatic heterocycles. The standard InChI is InChI=1S/C19H25N3O3S/c1-15(16-8-4-3-5-9-16)22-26(24,25)18-11-6-10-17(14-18)19(23)21-13-7-12-20-2/h3-6,8-11,14-15,20,22H,7,12-13H2,1-2H3,(H,21,23). The van der Waals surface area contributed by atoms with Crippen molar-refractivity contribution in [2.45, 2.75) is 24.3 Å². The molecule has 26 heavy (non-hydrogen) atoms. The van der Waals surface area contributed by atoms with Gasteiger partial charge in [0.1, 0.15) is 0 Å². The summed E-state index contributed by atoms with van der Waals surface area (Å²) in [6.07, 6.45) is 0.802. The van der Waals surface area contributed by atoms with Crippen molar-refractivity contribution in [3.05, 3.63) is 65.7 Å². The molecule has 0 saturated heterocycles. The Kier molecular flexibility index (Phi) is 7.32. The van der Waals surface area contributed by atoms with Gasteiger partial charge in [0, 0.05) is 18.2 Å². The van der Waals surface area contributed by atoms with E-state index in [9.17, 15) is 13.2 Å². The van der Waals surface area contributed by atoms with E-state index in [2.05, 4.69) is 15.4 Å². The molecular formula is C19H25N3O3S. The molecule has 7 heteroatoms. The van der Waals surface area contributed by atoms with Crippen molar-refractivity contribution in [2.24, 2.45) is 0 Å². The number of nitrogens with one attached hydrogen (secondary N) is 3. The number of benzene rings is 2. The molecular weight excluding hydrogens is 350 g/mol. The van der Waals surface area contributed by atoms with Crippen LogP contribution in [0.3, 0.4) is 0 Å². The second-order valence-corrected chi connectivity index (χ2v) is 7.71. The molecule has 3 N–H and O–H groups in total. The molecule has 0 aliphatic rings. The number of sulfonamides is 1. The minimum atomic E-state index is -3.73. The van der Waals surface area contributed by atoms with E-state index in [1.807, 2.05) is 37.4 Å². The van der Waals surface area contributed by atoms with Crippen LogP contribution in [0.1, 0.15) is 35.3 Å². The Labute approximate surface area is 155 Å². The molecule has 1 atom stereocenters. The normalized spacial score (nSPS) is 12.5. The van der Waals surface area contributed by atoms with Crippen molar-refractivity contribution >= 4 is 15.9 Å². The van der Waals surface area contributed by atoms with E-state index in [0.29, 0.717) is 12.1 Å². The van der Waals surface area contributed by atoms with Crippen LogP contribution in [0.5, 0.6) is 0 Å². The van der Waals surface area contributed by atoms with E-state index in [1.54, 1.807) is 19.1 Å². The van der Waals surface area contributed by atoms with Gasteiger partial charge in [0.25, 0.3) is 5.91 Å². The number of amides is 1. The third-order valence-electron chi connectivity index (χ3n) is 3.93. The number of carbonyl (C=O) groups is 1. The maximum Gasteiger partial charge on any atom is 0.251 e. The van der Waals surface area contributed by atoms with E-state index < -0.39 is 10.0 Å². The van der Waals surface area contributed by atoms with E-state index >= 15 is 0 Å². The van der Waals surface area contributed by atoms with Crippen molar-refractivity contribution in [3.8, 4) is 0 Å². The highest BCUT2D eigenvalue weighted by Crippen LogP contribution is 2.17. The Morgan fingerprint density at radius 3 is 2.46 bits per heavy atom. The van der Waals surface area contributed by atoms with Gasteiger partial charge in [0.2, 0.25) is 10.0 Å². The highest BCUT2D eigenvalue weighted by molar-refractivity contribution is 7.89. The quantitative estimate of drug-likeness (QED) is 0.586. The number of hydrogen-bond acceptors (Lipinski definition) is 4. The zero-order valence-electron chi connectivity index (χ0n) is 15.0. The maximum atomic E-state index is 12.6. The number of rotatable bonds is 9. The lowest BCUT2D eigenvalue weighted by atomic mass is 10.1. The van der Waals surface area contributed by atoms with E-state index in [-0.39, 0.29) is 16.8 Å². The lowest BCUT2D eigenvalue weighted by Gasteiger charge is -2.15. The van der Waals surface area contributed by atoms with E-state index in [0.717, 1.165) is 18.5 Å². The molecule has 2 aromatic carbocycles. The molecule has 0 aromatic heterocycles. The summed E-state index contributed by atoms with van der Waals surface area (Å²) in [4.78, 5) is 12.3. The SMILES string of the molecule is CNCCCNC(=O)c1cccc(S(=O)(=O)NC(C)c2ccccc2)c1. The molecule has 0 aliphatic carbocycles. The van der Waals surface area contributed by atoms with Gasteiger partial charge in [0.15, 0.2) is 0 Å². The summed E-state index contributed by atoms with van der Waals surface area (Å²) >= 11 is 0. The molecule has 0 spiro atoms. The first-order chi connectivity index (χ1) is 12.4. The van der Waals surface area contributed by atoms with Crippen molar-refractivity contribution < 1.29 is 13.2 Å². The Morgan fingerprint density at radius 1 is 1.04 bits per heavy atom. The fourth-order valence-corrected chi connectivity index (χ4v) is 3.76. The Bertz CT molecular complexity index is 823. The Hall–Kier alpha value is -2.22. The molecule has 0 bridgehead atoms. The van der Waals surface area contributed by atoms with Crippen LogP contribution < -0.4 is 15.4 Å². The molecule has 1 unspecified atom stereocenters. The second-order valence-electron chi connectivity index (χ2n) is 5.99. The van der Waals surface area contributed by atoms with Crippen molar-refractivity contribution in [1.29, 1.82) is 0 Å². The molecule has 6 nitrogen and oxygen atoms in total. The van der Waals surface area contributed by atoms with Gasteiger partial charge >= 0.3 is 0 Å². The van der Waals surface area contributed by atoms with Gasteiger partial charge in [0.05, 0.1) is 4.90 Å². The van der Waals surface area contributed by atoms with Gasteiger partial charge in [-0.25, -0.2) is 13.1 Å². The fraction of sp³-hybridized carbons (Fsp3) is 0.316. The predicted octanol–water partition coefficient (Wildman–Crippen LogP) is 2.07. The molecule has 140 valence electrons. The predicted molar refractivity (Wildman–Crippen MR) is 102 cm³/mol. The summed E-state index contributed by atoms with van der Waals surface area (Å²) in [5.41, 5.74) is 1.19. The third kappa shape index (κ3) is 5.66. The van der Waals surface area contributed by atoms with Crippen LogP contribution in [-0.4, -0.2) is 34.5 Å². The highest BCUT2D eigenvalue weighted by atomic mass is 32.2. The van der Waals surface area contributed by atoms with Crippen molar-refractivity contribution in [1.82, 2.24) is 15.4 Å². The first-order valence-electron chi connectivity index (χ1n) is 8.54. The molecule has 0 radical (unpaired) electrons. The van der Waals surface area contributed by atoms with Crippen LogP contribution in [0.2, 0.25) is 0 Å². The third-order valence-corrected chi connectivity index (χ3v) is 5.47. The van der Waals surface area contributed by atoms with Crippen LogP contribution in [0, 0.1) is 0 Å². The topological polar surface area (TPSA) is 87.3 Å². The summed E-state index contributed by atoms with van der Waals surface area (Å²) in [5.74, 6) is -0.283. The van der Waals surface area contributed by atoms with Crippen molar-refractivity contribution in [3.63, 3.8) is 0 Å². The number of carbonyl (C=O) groups excluding carboxylic acids is 1. The summed E-state index contributed by atoms with van der Waals surface area (Å²) in [6.45, 7) is 3.11. The van der Waals surface area contributed by atoms with Gasteiger partial charge in [-0.1, -0.05) is 36.4 Å². The van der Waals surface area contributed by atoms with Crippen LogP contribution in [0.25, 0.3) is 0 Å². The molecule has 0 heterocycles. The summed E-state index contributed by atoms with van der Waals surface area (Å²) < 4.78 is 27.9. The molecule has 1 amide bonds. The smallest absolute Gasteiger partial charge is 0.251 e. The van der Waals surface area contributed by atoms with Gasteiger partial charge in [-0.15, -0.1) is 0 Å². The van der Waals surface area contributed by atoms with Gasteiger partial charge in [-0.2, -0.15) is 0 Å². The minimum Gasteiger partial charge on any atom is -0.352 e. The van der Waals surface area contributed by atoms with Crippen LogP contribution in [0.15, 0.2) is 59.5 Å². The fourth-order valence-electron chi connectivity index (χ4n) is 2.48. The summed E-state index contributed by atoms with van der Waals surface area (Å²) in [7, 11) is -1.89. The molecule has 2 aromatic rings. The largest absolute Gasteiger partial charge is 0.352 e. The molecule has 0 fully saturated rings. The van der Waals surface area contributed by atoms with Gasteiger partial charge in [-0.05, 0) is 50.7 Å². The zero-order chi connectivity index (χ0) is 19.0. The van der Waals surface area contributed by atoms with Crippen LogP contribution in [-0.2, 0) is 10.0 Å². The summed E-state index contributed by atoms with van der Waals surface area (Å²) in [5, 5.41) is 5.79. The first kappa shape index (κ1) is 20.1. The zero-order valence-corrected chi connectivity index (χ0v) is 15.8. The number of hydrogen-bond donors (Lipinski definition) is 3.